The van der Waals surface area contributed by atoms with E-state index in [1.54, 1.807) is 20.5 Å². The molecule has 10 nitrogen and oxygen atoms in total. The lowest BCUT2D eigenvalue weighted by Gasteiger charge is -2.32. The van der Waals surface area contributed by atoms with Crippen LogP contribution in [0.4, 0.5) is 0 Å². The Bertz CT molecular complexity index is 900. The highest BCUT2D eigenvalue weighted by molar-refractivity contribution is 5.95. The second-order valence-corrected chi connectivity index (χ2v) is 7.97. The molecule has 2 aliphatic heterocycles. The molecule has 0 radical (unpaired) electrons. The molecule has 4 rings (SSSR count). The number of hydrogen-bond acceptors (Lipinski definition) is 6. The number of aryl methyl sites for hydroxylation is 2. The largest absolute Gasteiger partial charge is 0.378 e. The molecule has 0 aromatic carbocycles. The number of amides is 2. The molecule has 162 valence electrons. The zero-order chi connectivity index (χ0) is 21.1. The van der Waals surface area contributed by atoms with Gasteiger partial charge in [-0.15, -0.1) is 5.10 Å². The van der Waals surface area contributed by atoms with Crippen molar-refractivity contribution in [1.29, 1.82) is 0 Å². The van der Waals surface area contributed by atoms with Gasteiger partial charge in [-0.2, -0.15) is 5.10 Å². The zero-order valence-corrected chi connectivity index (χ0v) is 17.7. The van der Waals surface area contributed by atoms with Crippen LogP contribution in [-0.2, 0) is 17.8 Å². The number of morpholine rings is 1. The molecule has 0 saturated carbocycles. The van der Waals surface area contributed by atoms with E-state index < -0.39 is 0 Å². The quantitative estimate of drug-likeness (QED) is 0.717. The third-order valence-corrected chi connectivity index (χ3v) is 5.81. The molecule has 10 heteroatoms. The van der Waals surface area contributed by atoms with Crippen LogP contribution in [0, 0.1) is 12.8 Å². The Morgan fingerprint density at radius 1 is 1.10 bits per heavy atom. The minimum Gasteiger partial charge on any atom is -0.378 e. The first-order valence-electron chi connectivity index (χ1n) is 10.7. The average molecular weight is 415 g/mol. The zero-order valence-electron chi connectivity index (χ0n) is 17.7. The van der Waals surface area contributed by atoms with Crippen LogP contribution >= 0.6 is 0 Å². The van der Waals surface area contributed by atoms with Crippen molar-refractivity contribution in [2.45, 2.75) is 39.8 Å². The van der Waals surface area contributed by atoms with Gasteiger partial charge in [0.25, 0.3) is 11.8 Å². The van der Waals surface area contributed by atoms with Crippen LogP contribution in [0.3, 0.4) is 0 Å². The van der Waals surface area contributed by atoms with Crippen molar-refractivity contribution < 1.29 is 14.3 Å². The summed E-state index contributed by atoms with van der Waals surface area (Å²) in [7, 11) is 0. The maximum absolute atomic E-state index is 13.0. The molecular formula is C20H29N7O3. The SMILES string of the molecule is CCn1cc(C(=O)N2CCC[C@H](Cn3cc(C(=O)N4CCOCC4)nn3)C2)c(C)n1. The lowest BCUT2D eigenvalue weighted by Crippen LogP contribution is -2.41. The van der Waals surface area contributed by atoms with E-state index in [1.165, 1.54) is 0 Å². The number of aromatic nitrogens is 5. The van der Waals surface area contributed by atoms with Gasteiger partial charge in [0.1, 0.15) is 0 Å². The molecule has 2 aromatic heterocycles. The van der Waals surface area contributed by atoms with Gasteiger partial charge < -0.3 is 14.5 Å². The molecule has 2 amide bonds. The Balaban J connectivity index is 1.37. The van der Waals surface area contributed by atoms with Crippen molar-refractivity contribution in [3.63, 3.8) is 0 Å². The maximum atomic E-state index is 13.0. The third-order valence-electron chi connectivity index (χ3n) is 5.81. The van der Waals surface area contributed by atoms with Crippen molar-refractivity contribution in [3.8, 4) is 0 Å². The van der Waals surface area contributed by atoms with Gasteiger partial charge in [0.05, 0.1) is 30.7 Å². The van der Waals surface area contributed by atoms with Crippen LogP contribution in [0.25, 0.3) is 0 Å². The number of nitrogens with zero attached hydrogens (tertiary/aromatic N) is 7. The minimum atomic E-state index is -0.103. The molecule has 0 bridgehead atoms. The number of piperidine rings is 1. The van der Waals surface area contributed by atoms with Crippen LogP contribution in [0.2, 0.25) is 0 Å². The molecule has 0 spiro atoms. The van der Waals surface area contributed by atoms with E-state index in [1.807, 2.05) is 24.9 Å². The van der Waals surface area contributed by atoms with Crippen LogP contribution in [0.1, 0.15) is 46.3 Å². The smallest absolute Gasteiger partial charge is 0.276 e. The molecule has 1 atom stereocenters. The van der Waals surface area contributed by atoms with Gasteiger partial charge in [-0.05, 0) is 32.6 Å². The Labute approximate surface area is 175 Å². The summed E-state index contributed by atoms with van der Waals surface area (Å²) in [5.74, 6) is 0.212. The summed E-state index contributed by atoms with van der Waals surface area (Å²) in [4.78, 5) is 29.2. The molecule has 2 aliphatic rings. The van der Waals surface area contributed by atoms with E-state index in [4.69, 9.17) is 4.74 Å². The molecule has 30 heavy (non-hydrogen) atoms. The Morgan fingerprint density at radius 2 is 1.90 bits per heavy atom. The number of rotatable bonds is 5. The minimum absolute atomic E-state index is 0.0404. The first-order valence-corrected chi connectivity index (χ1v) is 10.7. The lowest BCUT2D eigenvalue weighted by atomic mass is 9.97. The van der Waals surface area contributed by atoms with E-state index in [2.05, 4.69) is 15.4 Å². The normalized spacial score (nSPS) is 19.9. The first kappa shape index (κ1) is 20.5. The molecule has 0 N–H and O–H groups in total. The maximum Gasteiger partial charge on any atom is 0.276 e. The van der Waals surface area contributed by atoms with E-state index >= 15 is 0 Å². The van der Waals surface area contributed by atoms with Gasteiger partial charge in [-0.3, -0.25) is 19.0 Å². The summed E-state index contributed by atoms with van der Waals surface area (Å²) in [6, 6.07) is 0. The highest BCUT2D eigenvalue weighted by Gasteiger charge is 2.28. The number of hydrogen-bond donors (Lipinski definition) is 0. The third kappa shape index (κ3) is 4.38. The van der Waals surface area contributed by atoms with Crippen LogP contribution < -0.4 is 0 Å². The Hall–Kier alpha value is -2.75. The predicted octanol–water partition coefficient (Wildman–Crippen LogP) is 0.828. The lowest BCUT2D eigenvalue weighted by molar-refractivity contribution is 0.0299. The molecule has 0 unspecified atom stereocenters. The number of carbonyl (C=O) groups excluding carboxylic acids is 2. The second kappa shape index (κ2) is 8.95. The monoisotopic (exact) mass is 415 g/mol. The highest BCUT2D eigenvalue weighted by Crippen LogP contribution is 2.21. The van der Waals surface area contributed by atoms with Gasteiger partial charge in [0.15, 0.2) is 5.69 Å². The van der Waals surface area contributed by atoms with E-state index in [0.717, 1.165) is 31.6 Å². The Kier molecular flexibility index (Phi) is 6.12. The van der Waals surface area contributed by atoms with Gasteiger partial charge >= 0.3 is 0 Å². The molecule has 2 aromatic rings. The van der Waals surface area contributed by atoms with Crippen LogP contribution in [0.5, 0.6) is 0 Å². The summed E-state index contributed by atoms with van der Waals surface area (Å²) in [5.41, 5.74) is 1.81. The fraction of sp³-hybridized carbons (Fsp3) is 0.650. The van der Waals surface area contributed by atoms with Gasteiger partial charge in [-0.1, -0.05) is 5.21 Å². The van der Waals surface area contributed by atoms with Crippen LogP contribution in [-0.4, -0.2) is 85.8 Å². The highest BCUT2D eigenvalue weighted by atomic mass is 16.5. The summed E-state index contributed by atoms with van der Waals surface area (Å²) in [6.45, 7) is 8.97. The summed E-state index contributed by atoms with van der Waals surface area (Å²) < 4.78 is 8.82. The van der Waals surface area contributed by atoms with Gasteiger partial charge in [0.2, 0.25) is 0 Å². The fourth-order valence-electron chi connectivity index (χ4n) is 4.14. The number of likely N-dealkylation sites (tertiary alicyclic amines) is 1. The molecule has 4 heterocycles. The fourth-order valence-corrected chi connectivity index (χ4v) is 4.14. The van der Waals surface area contributed by atoms with Gasteiger partial charge in [-0.25, -0.2) is 0 Å². The van der Waals surface area contributed by atoms with Crippen molar-refractivity contribution in [2.75, 3.05) is 39.4 Å². The summed E-state index contributed by atoms with van der Waals surface area (Å²) in [5, 5.41) is 12.6. The van der Waals surface area contributed by atoms with E-state index in [9.17, 15) is 9.59 Å². The van der Waals surface area contributed by atoms with Crippen molar-refractivity contribution >= 4 is 11.8 Å². The Morgan fingerprint density at radius 3 is 2.63 bits per heavy atom. The molecule has 2 fully saturated rings. The molecular weight excluding hydrogens is 386 g/mol. The second-order valence-electron chi connectivity index (χ2n) is 7.97. The topological polar surface area (TPSA) is 98.4 Å². The van der Waals surface area contributed by atoms with E-state index in [-0.39, 0.29) is 17.7 Å². The number of ether oxygens (including phenoxy) is 1. The van der Waals surface area contributed by atoms with Gasteiger partial charge in [0, 0.05) is 45.5 Å². The van der Waals surface area contributed by atoms with E-state index in [0.29, 0.717) is 50.7 Å². The van der Waals surface area contributed by atoms with Crippen LogP contribution in [0.15, 0.2) is 12.4 Å². The standard InChI is InChI=1S/C20H29N7O3/c1-3-26-13-17(15(2)22-26)19(28)25-6-4-5-16(11-25)12-27-14-18(21-23-27)20(29)24-7-9-30-10-8-24/h13-14,16H,3-12H2,1-2H3/t16-/m0/s1. The average Bonchev–Trinajstić information content (AvgIpc) is 3.40. The summed E-state index contributed by atoms with van der Waals surface area (Å²) >= 11 is 0. The van der Waals surface area contributed by atoms with Crippen molar-refractivity contribution in [2.24, 2.45) is 5.92 Å². The first-order chi connectivity index (χ1) is 14.5. The summed E-state index contributed by atoms with van der Waals surface area (Å²) in [6.07, 6.45) is 5.52. The van der Waals surface area contributed by atoms with Crippen molar-refractivity contribution in [3.05, 3.63) is 29.3 Å². The predicted molar refractivity (Wildman–Crippen MR) is 108 cm³/mol. The number of carbonyl (C=O) groups is 2. The molecule has 0 aliphatic carbocycles. The molecule has 2 saturated heterocycles. The van der Waals surface area contributed by atoms with Crippen molar-refractivity contribution in [1.82, 2.24) is 34.6 Å².